The summed E-state index contributed by atoms with van der Waals surface area (Å²) in [4.78, 5) is 0. The highest BCUT2D eigenvalue weighted by Crippen LogP contribution is 2.29. The van der Waals surface area contributed by atoms with Crippen molar-refractivity contribution in [2.45, 2.75) is 26.2 Å². The highest BCUT2D eigenvalue weighted by molar-refractivity contribution is 5.36. The Kier molecular flexibility index (Phi) is 4.35. The van der Waals surface area contributed by atoms with Gasteiger partial charge >= 0.3 is 0 Å². The summed E-state index contributed by atoms with van der Waals surface area (Å²) in [5, 5.41) is 0. The van der Waals surface area contributed by atoms with Crippen molar-refractivity contribution in [3.8, 4) is 5.75 Å². The molecule has 2 heteroatoms. The Morgan fingerprint density at radius 1 is 1.47 bits per heavy atom. The lowest BCUT2D eigenvalue weighted by Gasteiger charge is -2.14. The molecule has 0 aliphatic heterocycles. The van der Waals surface area contributed by atoms with Crippen LogP contribution in [0.25, 0.3) is 0 Å². The van der Waals surface area contributed by atoms with E-state index >= 15 is 0 Å². The smallest absolute Gasteiger partial charge is 0.123 e. The van der Waals surface area contributed by atoms with Gasteiger partial charge in [0.05, 0.1) is 7.11 Å². The first-order valence-corrected chi connectivity index (χ1v) is 5.13. The second-order valence-corrected chi connectivity index (χ2v) is 3.59. The molecule has 0 saturated heterocycles. The van der Waals surface area contributed by atoms with Gasteiger partial charge in [-0.15, -0.1) is 0 Å². The molecule has 1 aromatic carbocycles. The number of halogens is 1. The molecule has 0 aromatic heterocycles. The standard InChI is InChI=1S/C13H17FO/c1-4-5-6-10(2)12-9-11(14)7-8-13(12)15-3/h4-5,7-10H,6H2,1-3H3/b5-4-. The van der Waals surface area contributed by atoms with Gasteiger partial charge in [0.1, 0.15) is 11.6 Å². The molecule has 0 aliphatic carbocycles. The van der Waals surface area contributed by atoms with Crippen LogP contribution in [-0.4, -0.2) is 7.11 Å². The van der Waals surface area contributed by atoms with Crippen LogP contribution in [0.2, 0.25) is 0 Å². The fourth-order valence-electron chi connectivity index (χ4n) is 1.56. The van der Waals surface area contributed by atoms with Gasteiger partial charge in [-0.25, -0.2) is 4.39 Å². The molecule has 0 N–H and O–H groups in total. The zero-order chi connectivity index (χ0) is 11.3. The van der Waals surface area contributed by atoms with Crippen LogP contribution in [-0.2, 0) is 0 Å². The third-order valence-electron chi connectivity index (χ3n) is 2.45. The highest BCUT2D eigenvalue weighted by Gasteiger charge is 2.10. The number of benzene rings is 1. The van der Waals surface area contributed by atoms with E-state index in [0.717, 1.165) is 17.7 Å². The van der Waals surface area contributed by atoms with Gasteiger partial charge in [-0.05, 0) is 37.5 Å². The van der Waals surface area contributed by atoms with Gasteiger partial charge in [0, 0.05) is 5.56 Å². The summed E-state index contributed by atoms with van der Waals surface area (Å²) in [6, 6.07) is 4.65. The third-order valence-corrected chi connectivity index (χ3v) is 2.45. The van der Waals surface area contributed by atoms with Crippen LogP contribution < -0.4 is 4.74 Å². The van der Waals surface area contributed by atoms with Gasteiger partial charge in [-0.2, -0.15) is 0 Å². The Morgan fingerprint density at radius 2 is 2.20 bits per heavy atom. The van der Waals surface area contributed by atoms with Gasteiger partial charge in [0.25, 0.3) is 0 Å². The third kappa shape index (κ3) is 3.08. The quantitative estimate of drug-likeness (QED) is 0.682. The summed E-state index contributed by atoms with van der Waals surface area (Å²) < 4.78 is 18.3. The molecule has 1 rings (SSSR count). The Bertz CT molecular complexity index is 344. The van der Waals surface area contributed by atoms with Crippen LogP contribution in [0.1, 0.15) is 31.7 Å². The van der Waals surface area contributed by atoms with Crippen molar-refractivity contribution >= 4 is 0 Å². The second-order valence-electron chi connectivity index (χ2n) is 3.59. The molecule has 0 fully saturated rings. The van der Waals surface area contributed by atoms with Crippen molar-refractivity contribution in [1.29, 1.82) is 0 Å². The van der Waals surface area contributed by atoms with Crippen molar-refractivity contribution in [2.24, 2.45) is 0 Å². The first kappa shape index (κ1) is 11.8. The molecule has 15 heavy (non-hydrogen) atoms. The number of hydrogen-bond acceptors (Lipinski definition) is 1. The lowest BCUT2D eigenvalue weighted by molar-refractivity contribution is 0.405. The van der Waals surface area contributed by atoms with Crippen LogP contribution in [0.5, 0.6) is 5.75 Å². The van der Waals surface area contributed by atoms with E-state index in [1.165, 1.54) is 6.07 Å². The van der Waals surface area contributed by atoms with Crippen molar-refractivity contribution in [1.82, 2.24) is 0 Å². The fraction of sp³-hybridized carbons (Fsp3) is 0.385. The van der Waals surface area contributed by atoms with E-state index in [9.17, 15) is 4.39 Å². The zero-order valence-electron chi connectivity index (χ0n) is 9.46. The highest BCUT2D eigenvalue weighted by atomic mass is 19.1. The monoisotopic (exact) mass is 208 g/mol. The van der Waals surface area contributed by atoms with E-state index in [1.54, 1.807) is 19.2 Å². The number of methoxy groups -OCH3 is 1. The average molecular weight is 208 g/mol. The van der Waals surface area contributed by atoms with E-state index in [4.69, 9.17) is 4.74 Å². The van der Waals surface area contributed by atoms with Crippen LogP contribution in [0.3, 0.4) is 0 Å². The molecular weight excluding hydrogens is 191 g/mol. The molecular formula is C13H17FO. The number of ether oxygens (including phenoxy) is 1. The molecule has 1 nitrogen and oxygen atoms in total. The van der Waals surface area contributed by atoms with Crippen molar-refractivity contribution in [2.75, 3.05) is 7.11 Å². The van der Waals surface area contributed by atoms with Crippen LogP contribution >= 0.6 is 0 Å². The maximum absolute atomic E-state index is 13.1. The summed E-state index contributed by atoms with van der Waals surface area (Å²) in [5.74, 6) is 0.818. The van der Waals surface area contributed by atoms with Gasteiger partial charge in [0.15, 0.2) is 0 Å². The van der Waals surface area contributed by atoms with Crippen molar-refractivity contribution < 1.29 is 9.13 Å². The Hall–Kier alpha value is -1.31. The molecule has 0 heterocycles. The van der Waals surface area contributed by atoms with E-state index in [-0.39, 0.29) is 11.7 Å². The van der Waals surface area contributed by atoms with Crippen LogP contribution in [0.4, 0.5) is 4.39 Å². The summed E-state index contributed by atoms with van der Waals surface area (Å²) >= 11 is 0. The van der Waals surface area contributed by atoms with E-state index in [2.05, 4.69) is 13.0 Å². The summed E-state index contributed by atoms with van der Waals surface area (Å²) in [5.41, 5.74) is 0.926. The molecule has 1 unspecified atom stereocenters. The van der Waals surface area contributed by atoms with Crippen LogP contribution in [0.15, 0.2) is 30.4 Å². The Labute approximate surface area is 90.6 Å². The predicted molar refractivity (Wildman–Crippen MR) is 60.8 cm³/mol. The summed E-state index contributed by atoms with van der Waals surface area (Å²) in [6.45, 7) is 4.05. The molecule has 0 bridgehead atoms. The zero-order valence-corrected chi connectivity index (χ0v) is 9.46. The van der Waals surface area contributed by atoms with E-state index in [1.807, 2.05) is 13.0 Å². The lowest BCUT2D eigenvalue weighted by atomic mass is 9.96. The van der Waals surface area contributed by atoms with Crippen LogP contribution in [0, 0.1) is 5.82 Å². The minimum Gasteiger partial charge on any atom is -0.496 e. The number of rotatable bonds is 4. The minimum atomic E-state index is -0.210. The fourth-order valence-corrected chi connectivity index (χ4v) is 1.56. The number of hydrogen-bond donors (Lipinski definition) is 0. The average Bonchev–Trinajstić information content (AvgIpc) is 2.25. The minimum absolute atomic E-state index is 0.210. The van der Waals surface area contributed by atoms with Gasteiger partial charge in [0.2, 0.25) is 0 Å². The lowest BCUT2D eigenvalue weighted by Crippen LogP contribution is -1.97. The second kappa shape index (κ2) is 5.54. The molecule has 1 atom stereocenters. The first-order chi connectivity index (χ1) is 7.19. The SMILES string of the molecule is C/C=C\CC(C)c1cc(F)ccc1OC. The van der Waals surface area contributed by atoms with E-state index < -0.39 is 0 Å². The molecule has 82 valence electrons. The molecule has 0 spiro atoms. The first-order valence-electron chi connectivity index (χ1n) is 5.13. The molecule has 0 saturated carbocycles. The Balaban J connectivity index is 2.94. The molecule has 0 radical (unpaired) electrons. The topological polar surface area (TPSA) is 9.23 Å². The van der Waals surface area contributed by atoms with E-state index in [0.29, 0.717) is 0 Å². The van der Waals surface area contributed by atoms with Gasteiger partial charge < -0.3 is 4.74 Å². The normalized spacial score (nSPS) is 13.1. The maximum Gasteiger partial charge on any atom is 0.123 e. The molecule has 0 aliphatic rings. The number of allylic oxidation sites excluding steroid dienone is 2. The summed E-state index contributed by atoms with van der Waals surface area (Å²) in [7, 11) is 1.61. The molecule has 0 amide bonds. The van der Waals surface area contributed by atoms with Crippen molar-refractivity contribution in [3.05, 3.63) is 41.7 Å². The maximum atomic E-state index is 13.1. The Morgan fingerprint density at radius 3 is 2.80 bits per heavy atom. The predicted octanol–water partition coefficient (Wildman–Crippen LogP) is 3.90. The summed E-state index contributed by atoms with van der Waals surface area (Å²) in [6.07, 6.45) is 4.98. The van der Waals surface area contributed by atoms with Gasteiger partial charge in [-0.3, -0.25) is 0 Å². The largest absolute Gasteiger partial charge is 0.496 e. The van der Waals surface area contributed by atoms with Gasteiger partial charge in [-0.1, -0.05) is 19.1 Å². The van der Waals surface area contributed by atoms with Crippen molar-refractivity contribution in [3.63, 3.8) is 0 Å². The molecule has 1 aromatic rings.